The molecule has 0 spiro atoms. The summed E-state index contributed by atoms with van der Waals surface area (Å²) in [6.07, 6.45) is 9.87. The minimum atomic E-state index is -0.869. The molecule has 2 saturated heterocycles. The largest absolute Gasteiger partial charge is 0.453 e. The van der Waals surface area contributed by atoms with Crippen LogP contribution in [0.4, 0.5) is 9.59 Å². The first-order valence-electron chi connectivity index (χ1n) is 20.9. The fourth-order valence-electron chi connectivity index (χ4n) is 9.23. The molecule has 14 heteroatoms. The molecule has 3 aromatic carbocycles. The van der Waals surface area contributed by atoms with E-state index in [9.17, 15) is 19.2 Å². The molecule has 0 radical (unpaired) electrons. The number of rotatable bonds is 11. The van der Waals surface area contributed by atoms with Gasteiger partial charge in [0.2, 0.25) is 0 Å². The van der Waals surface area contributed by atoms with Crippen molar-refractivity contribution >= 4 is 24.0 Å². The lowest BCUT2D eigenvalue weighted by Gasteiger charge is -2.29. The van der Waals surface area contributed by atoms with Gasteiger partial charge in [0.1, 0.15) is 23.7 Å². The van der Waals surface area contributed by atoms with E-state index in [1.807, 2.05) is 78.0 Å². The molecule has 3 fully saturated rings. The number of likely N-dealkylation sites (tertiary alicyclic amines) is 2. The van der Waals surface area contributed by atoms with Crippen LogP contribution >= 0.6 is 0 Å². The molecule has 312 valence electrons. The van der Waals surface area contributed by atoms with Gasteiger partial charge in [0.25, 0.3) is 11.8 Å². The maximum atomic E-state index is 13.9. The molecule has 2 aliphatic heterocycles. The summed E-state index contributed by atoms with van der Waals surface area (Å²) in [5.41, 5.74) is 5.73. The molecule has 5 aromatic rings. The van der Waals surface area contributed by atoms with Gasteiger partial charge in [-0.2, -0.15) is 0 Å². The predicted octanol–water partition coefficient (Wildman–Crippen LogP) is 7.76. The molecule has 0 bridgehead atoms. The highest BCUT2D eigenvalue weighted by Crippen LogP contribution is 2.42. The molecular formula is C46H52N8O6. The highest BCUT2D eigenvalue weighted by molar-refractivity contribution is 5.88. The molecular weight excluding hydrogens is 761 g/mol. The Kier molecular flexibility index (Phi) is 12.3. The quantitative estimate of drug-likeness (QED) is 0.105. The Labute approximate surface area is 349 Å². The zero-order valence-corrected chi connectivity index (χ0v) is 34.0. The summed E-state index contributed by atoms with van der Waals surface area (Å²) in [7, 11) is 2.58. The van der Waals surface area contributed by atoms with Gasteiger partial charge in [-0.15, -0.1) is 0 Å². The molecule has 3 aliphatic rings. The second kappa shape index (κ2) is 18.2. The van der Waals surface area contributed by atoms with Gasteiger partial charge in [0.05, 0.1) is 38.2 Å². The van der Waals surface area contributed by atoms with E-state index in [1.165, 1.54) is 19.8 Å². The van der Waals surface area contributed by atoms with Gasteiger partial charge in [0, 0.05) is 30.9 Å². The van der Waals surface area contributed by atoms with E-state index in [-0.39, 0.29) is 23.9 Å². The van der Waals surface area contributed by atoms with Gasteiger partial charge >= 0.3 is 12.2 Å². The summed E-state index contributed by atoms with van der Waals surface area (Å²) in [5, 5.41) is 5.46. The van der Waals surface area contributed by atoms with Crippen molar-refractivity contribution in [3.63, 3.8) is 0 Å². The highest BCUT2D eigenvalue weighted by Gasteiger charge is 2.39. The summed E-state index contributed by atoms with van der Waals surface area (Å²) < 4.78 is 9.68. The normalized spacial score (nSPS) is 21.2. The van der Waals surface area contributed by atoms with Crippen molar-refractivity contribution in [2.24, 2.45) is 0 Å². The van der Waals surface area contributed by atoms with Gasteiger partial charge in [-0.3, -0.25) is 9.59 Å². The summed E-state index contributed by atoms with van der Waals surface area (Å²) >= 11 is 0. The lowest BCUT2D eigenvalue weighted by molar-refractivity contribution is -0.135. The van der Waals surface area contributed by atoms with E-state index in [1.54, 1.807) is 4.90 Å². The van der Waals surface area contributed by atoms with E-state index >= 15 is 0 Å². The Morgan fingerprint density at radius 2 is 1.10 bits per heavy atom. The molecule has 1 aliphatic carbocycles. The van der Waals surface area contributed by atoms with Crippen molar-refractivity contribution in [2.75, 3.05) is 27.3 Å². The molecule has 1 saturated carbocycles. The number of hydrogen-bond donors (Lipinski definition) is 4. The smallest absolute Gasteiger partial charge is 0.407 e. The molecule has 4 amide bonds. The number of alkyl carbamates (subject to hydrolysis) is 2. The highest BCUT2D eigenvalue weighted by atomic mass is 16.5. The van der Waals surface area contributed by atoms with Crippen LogP contribution in [0.1, 0.15) is 121 Å². The van der Waals surface area contributed by atoms with Crippen LogP contribution in [0, 0.1) is 0 Å². The second-order valence-electron chi connectivity index (χ2n) is 15.9. The fourth-order valence-corrected chi connectivity index (χ4v) is 9.23. The first-order chi connectivity index (χ1) is 29.3. The molecule has 4 heterocycles. The van der Waals surface area contributed by atoms with E-state index in [4.69, 9.17) is 19.4 Å². The first-order valence-corrected chi connectivity index (χ1v) is 20.9. The lowest BCUT2D eigenvalue weighted by Crippen LogP contribution is -2.42. The fraction of sp³-hybridized carbons (Fsp3) is 0.391. The number of imidazole rings is 2. The number of aromatic amines is 2. The Morgan fingerprint density at radius 3 is 1.62 bits per heavy atom. The molecule has 4 unspecified atom stereocenters. The number of aromatic nitrogens is 4. The van der Waals surface area contributed by atoms with E-state index in [0.29, 0.717) is 36.1 Å². The van der Waals surface area contributed by atoms with Gasteiger partial charge < -0.3 is 39.9 Å². The van der Waals surface area contributed by atoms with Crippen LogP contribution in [0.25, 0.3) is 11.3 Å². The molecule has 2 aromatic heterocycles. The maximum Gasteiger partial charge on any atom is 0.407 e. The van der Waals surface area contributed by atoms with Crippen LogP contribution in [-0.4, -0.2) is 81.0 Å². The number of methoxy groups -OCH3 is 2. The third kappa shape index (κ3) is 8.63. The van der Waals surface area contributed by atoms with Crippen LogP contribution in [0.3, 0.4) is 0 Å². The molecule has 4 N–H and O–H groups in total. The Bertz CT molecular complexity index is 2250. The second-order valence-corrected chi connectivity index (χ2v) is 15.9. The van der Waals surface area contributed by atoms with Crippen molar-refractivity contribution in [1.29, 1.82) is 0 Å². The minimum Gasteiger partial charge on any atom is -0.453 e. The number of benzene rings is 3. The zero-order chi connectivity index (χ0) is 41.6. The molecule has 8 rings (SSSR count). The predicted molar refractivity (Wildman–Crippen MR) is 223 cm³/mol. The lowest BCUT2D eigenvalue weighted by atomic mass is 9.77. The topological polar surface area (TPSA) is 175 Å². The van der Waals surface area contributed by atoms with Crippen LogP contribution in [0.2, 0.25) is 0 Å². The van der Waals surface area contributed by atoms with Crippen molar-refractivity contribution < 1.29 is 28.7 Å². The van der Waals surface area contributed by atoms with Crippen molar-refractivity contribution in [3.05, 3.63) is 131 Å². The third-order valence-corrected chi connectivity index (χ3v) is 12.4. The number of nitrogens with zero attached hydrogens (tertiary/aromatic N) is 4. The average molecular weight is 813 g/mol. The number of hydrogen-bond acceptors (Lipinski definition) is 8. The van der Waals surface area contributed by atoms with E-state index in [2.05, 4.69) is 44.9 Å². The summed E-state index contributed by atoms with van der Waals surface area (Å²) in [4.78, 5) is 72.6. The molecule has 60 heavy (non-hydrogen) atoms. The standard InChI is InChI=1S/C46H52N8O6/c1-59-45(57)51-39(33-11-5-3-6-12-33)43(55)53-25-9-15-37(53)41-47-27-35(49-41)31-21-17-29(18-22-31)30-19-23-32(24-20-30)36-28-48-42(50-36)38-16-10-26-54(38)44(56)40(52-46(58)60-2)34-13-7-4-8-14-34/h3-8,11-14,17-18,21-22,27-28,30,32,37-40H,9-10,15-16,19-20,23-26H2,1-2H3,(H,47,49)(H,48,50)(H,51,57)(H,52,58). The number of H-pyrrole nitrogens is 2. The molecule has 4 atom stereocenters. The van der Waals surface area contributed by atoms with Gasteiger partial charge in [-0.05, 0) is 79.5 Å². The minimum absolute atomic E-state index is 0.178. The van der Waals surface area contributed by atoms with Gasteiger partial charge in [-0.25, -0.2) is 19.6 Å². The van der Waals surface area contributed by atoms with E-state index in [0.717, 1.165) is 80.0 Å². The third-order valence-electron chi connectivity index (χ3n) is 12.4. The van der Waals surface area contributed by atoms with Gasteiger partial charge in [-0.1, -0.05) is 84.9 Å². The maximum absolute atomic E-state index is 13.9. The van der Waals surface area contributed by atoms with Crippen LogP contribution in [0.5, 0.6) is 0 Å². The van der Waals surface area contributed by atoms with Crippen molar-refractivity contribution in [2.45, 2.75) is 87.4 Å². The van der Waals surface area contributed by atoms with Crippen molar-refractivity contribution in [1.82, 2.24) is 40.4 Å². The van der Waals surface area contributed by atoms with Crippen LogP contribution in [-0.2, 0) is 19.1 Å². The van der Waals surface area contributed by atoms with Crippen molar-refractivity contribution in [3.8, 4) is 11.3 Å². The summed E-state index contributed by atoms with van der Waals surface area (Å²) in [6, 6.07) is 25.0. The SMILES string of the molecule is COC(=O)NC(C(=O)N1CCCC1c1ncc(-c2ccc(C3CCC(c4cnc(C5CCCN5C(=O)C(NC(=O)OC)c5ccccc5)[nH]4)CC3)cc2)[nH]1)c1ccccc1. The molecule has 14 nitrogen and oxygen atoms in total. The van der Waals surface area contributed by atoms with Gasteiger partial charge in [0.15, 0.2) is 0 Å². The number of nitrogens with one attached hydrogen (secondary N) is 4. The number of ether oxygens (including phenoxy) is 2. The number of carbonyl (C=O) groups excluding carboxylic acids is 4. The van der Waals surface area contributed by atoms with E-state index < -0.39 is 24.3 Å². The van der Waals surface area contributed by atoms with Crippen LogP contribution in [0.15, 0.2) is 97.3 Å². The first kappa shape index (κ1) is 40.3. The average Bonchev–Trinajstić information content (AvgIpc) is 4.15. The zero-order valence-electron chi connectivity index (χ0n) is 34.0. The Balaban J connectivity index is 0.878. The monoisotopic (exact) mass is 812 g/mol. The summed E-state index contributed by atoms with van der Waals surface area (Å²) in [5.74, 6) is 1.95. The summed E-state index contributed by atoms with van der Waals surface area (Å²) in [6.45, 7) is 1.15. The Hall–Kier alpha value is -6.44. The number of carbonyl (C=O) groups is 4. The Morgan fingerprint density at radius 1 is 0.617 bits per heavy atom. The number of amides is 4. The van der Waals surface area contributed by atoms with Crippen LogP contribution < -0.4 is 10.6 Å².